The molecular formula is C24H30N2O2. The van der Waals surface area contributed by atoms with E-state index in [1.165, 1.54) is 6.42 Å². The second kappa shape index (κ2) is 8.34. The monoisotopic (exact) mass is 378 g/mol. The molecule has 0 N–H and O–H groups in total. The molecular weight excluding hydrogens is 348 g/mol. The number of hydrogen-bond acceptors (Lipinski definition) is 2. The van der Waals surface area contributed by atoms with Crippen LogP contribution in [0.4, 0.5) is 0 Å². The summed E-state index contributed by atoms with van der Waals surface area (Å²) in [5.41, 5.74) is 0.768. The number of carbonyl (C=O) groups excluding carboxylic acids is 2. The van der Waals surface area contributed by atoms with E-state index in [1.54, 1.807) is 0 Å². The fourth-order valence-electron chi connectivity index (χ4n) is 4.86. The number of carbonyl (C=O) groups is 2. The Labute approximate surface area is 167 Å². The van der Waals surface area contributed by atoms with E-state index in [4.69, 9.17) is 0 Å². The van der Waals surface area contributed by atoms with Crippen LogP contribution in [0.3, 0.4) is 0 Å². The molecule has 4 nitrogen and oxygen atoms in total. The van der Waals surface area contributed by atoms with E-state index in [2.05, 4.69) is 11.8 Å². The van der Waals surface area contributed by atoms with Gasteiger partial charge in [-0.1, -0.05) is 43.3 Å². The molecule has 1 unspecified atom stereocenters. The third-order valence-corrected chi connectivity index (χ3v) is 6.53. The number of rotatable bonds is 3. The van der Waals surface area contributed by atoms with Gasteiger partial charge in [0.05, 0.1) is 0 Å². The maximum atomic E-state index is 13.1. The number of piperidine rings is 2. The summed E-state index contributed by atoms with van der Waals surface area (Å²) in [5.74, 6) is 0.486. The zero-order valence-electron chi connectivity index (χ0n) is 16.8. The van der Waals surface area contributed by atoms with Crippen molar-refractivity contribution in [2.75, 3.05) is 19.6 Å². The van der Waals surface area contributed by atoms with Crippen LogP contribution in [-0.4, -0.2) is 47.3 Å². The highest BCUT2D eigenvalue weighted by Crippen LogP contribution is 2.27. The van der Waals surface area contributed by atoms with E-state index in [0.717, 1.165) is 55.0 Å². The van der Waals surface area contributed by atoms with Crippen molar-refractivity contribution < 1.29 is 9.59 Å². The molecule has 0 spiro atoms. The Morgan fingerprint density at radius 3 is 2.46 bits per heavy atom. The van der Waals surface area contributed by atoms with Crippen molar-refractivity contribution in [3.8, 4) is 0 Å². The number of benzene rings is 2. The maximum Gasteiger partial charge on any atom is 0.254 e. The van der Waals surface area contributed by atoms with Crippen molar-refractivity contribution in [2.24, 2.45) is 5.92 Å². The van der Waals surface area contributed by atoms with E-state index >= 15 is 0 Å². The fourth-order valence-corrected chi connectivity index (χ4v) is 4.86. The quantitative estimate of drug-likeness (QED) is 0.790. The van der Waals surface area contributed by atoms with Crippen molar-refractivity contribution >= 4 is 22.6 Å². The molecule has 4 rings (SSSR count). The number of hydrogen-bond donors (Lipinski definition) is 0. The average Bonchev–Trinajstić information content (AvgIpc) is 2.77. The Balaban J connectivity index is 1.42. The third kappa shape index (κ3) is 3.65. The van der Waals surface area contributed by atoms with Gasteiger partial charge in [0.25, 0.3) is 5.91 Å². The van der Waals surface area contributed by atoms with Gasteiger partial charge in [-0.3, -0.25) is 9.59 Å². The number of amides is 2. The molecule has 0 aliphatic carbocycles. The first-order chi connectivity index (χ1) is 13.7. The SMILES string of the molecule is CCC1CCCCN1C(=O)C1CCN(C(=O)c2cccc3ccccc23)CC1. The van der Waals surface area contributed by atoms with Gasteiger partial charge in [-0.05, 0) is 55.4 Å². The number of likely N-dealkylation sites (tertiary alicyclic amines) is 2. The van der Waals surface area contributed by atoms with Gasteiger partial charge >= 0.3 is 0 Å². The van der Waals surface area contributed by atoms with Crippen LogP contribution in [0.2, 0.25) is 0 Å². The van der Waals surface area contributed by atoms with E-state index in [0.29, 0.717) is 25.0 Å². The van der Waals surface area contributed by atoms with Gasteiger partial charge in [0.15, 0.2) is 0 Å². The summed E-state index contributed by atoms with van der Waals surface area (Å²) >= 11 is 0. The van der Waals surface area contributed by atoms with Crippen molar-refractivity contribution in [1.82, 2.24) is 9.80 Å². The largest absolute Gasteiger partial charge is 0.339 e. The van der Waals surface area contributed by atoms with Crippen LogP contribution in [0.25, 0.3) is 10.8 Å². The second-order valence-corrected chi connectivity index (χ2v) is 8.18. The van der Waals surface area contributed by atoms with Crippen LogP contribution in [0, 0.1) is 5.92 Å². The first kappa shape index (κ1) is 19.0. The van der Waals surface area contributed by atoms with Crippen molar-refractivity contribution in [1.29, 1.82) is 0 Å². The lowest BCUT2D eigenvalue weighted by Gasteiger charge is -2.39. The van der Waals surface area contributed by atoms with Gasteiger partial charge in [-0.2, -0.15) is 0 Å². The van der Waals surface area contributed by atoms with E-state index in [9.17, 15) is 9.59 Å². The molecule has 2 aromatic rings. The highest BCUT2D eigenvalue weighted by Gasteiger charge is 2.34. The van der Waals surface area contributed by atoms with Crippen molar-refractivity contribution in [2.45, 2.75) is 51.5 Å². The molecule has 2 amide bonds. The molecule has 0 saturated carbocycles. The third-order valence-electron chi connectivity index (χ3n) is 6.53. The molecule has 2 aromatic carbocycles. The van der Waals surface area contributed by atoms with Gasteiger partial charge in [-0.25, -0.2) is 0 Å². The van der Waals surface area contributed by atoms with Crippen LogP contribution in [0.5, 0.6) is 0 Å². The van der Waals surface area contributed by atoms with Crippen LogP contribution < -0.4 is 0 Å². The molecule has 4 heteroatoms. The molecule has 1 atom stereocenters. The Bertz CT molecular complexity index is 849. The van der Waals surface area contributed by atoms with Gasteiger partial charge in [0, 0.05) is 37.2 Å². The molecule has 0 aromatic heterocycles. The summed E-state index contributed by atoms with van der Waals surface area (Å²) in [6, 6.07) is 14.4. The lowest BCUT2D eigenvalue weighted by molar-refractivity contribution is -0.140. The Morgan fingerprint density at radius 1 is 0.929 bits per heavy atom. The topological polar surface area (TPSA) is 40.6 Å². The molecule has 2 aliphatic rings. The molecule has 2 fully saturated rings. The fraction of sp³-hybridized carbons (Fsp3) is 0.500. The minimum atomic E-state index is 0.0729. The summed E-state index contributed by atoms with van der Waals surface area (Å²) in [6.07, 6.45) is 6.11. The number of nitrogens with zero attached hydrogens (tertiary/aromatic N) is 2. The lowest BCUT2D eigenvalue weighted by Crippen LogP contribution is -2.49. The summed E-state index contributed by atoms with van der Waals surface area (Å²) in [6.45, 7) is 4.43. The zero-order chi connectivity index (χ0) is 19.5. The summed E-state index contributed by atoms with van der Waals surface area (Å²) < 4.78 is 0. The first-order valence-corrected chi connectivity index (χ1v) is 10.8. The predicted molar refractivity (Wildman–Crippen MR) is 112 cm³/mol. The van der Waals surface area contributed by atoms with Crippen molar-refractivity contribution in [3.63, 3.8) is 0 Å². The molecule has 0 radical (unpaired) electrons. The normalized spacial score (nSPS) is 21.1. The van der Waals surface area contributed by atoms with Crippen molar-refractivity contribution in [3.05, 3.63) is 48.0 Å². The van der Waals surface area contributed by atoms with E-state index < -0.39 is 0 Å². The van der Waals surface area contributed by atoms with E-state index in [-0.39, 0.29) is 11.8 Å². The highest BCUT2D eigenvalue weighted by atomic mass is 16.2. The van der Waals surface area contributed by atoms with Gasteiger partial charge in [0.2, 0.25) is 5.91 Å². The molecule has 2 heterocycles. The predicted octanol–water partition coefficient (Wildman–Crippen LogP) is 4.48. The van der Waals surface area contributed by atoms with Gasteiger partial charge < -0.3 is 9.80 Å². The Morgan fingerprint density at radius 2 is 1.68 bits per heavy atom. The van der Waals surface area contributed by atoms with Crippen LogP contribution in [0.15, 0.2) is 42.5 Å². The van der Waals surface area contributed by atoms with Crippen LogP contribution in [-0.2, 0) is 4.79 Å². The smallest absolute Gasteiger partial charge is 0.254 e. The molecule has 2 aliphatic heterocycles. The Hall–Kier alpha value is -2.36. The minimum absolute atomic E-state index is 0.0729. The maximum absolute atomic E-state index is 13.1. The Kier molecular flexibility index (Phi) is 5.65. The summed E-state index contributed by atoms with van der Waals surface area (Å²) in [7, 11) is 0. The molecule has 0 bridgehead atoms. The zero-order valence-corrected chi connectivity index (χ0v) is 16.8. The molecule has 2 saturated heterocycles. The average molecular weight is 379 g/mol. The van der Waals surface area contributed by atoms with Crippen LogP contribution in [0.1, 0.15) is 55.8 Å². The second-order valence-electron chi connectivity index (χ2n) is 8.18. The standard InChI is InChI=1S/C24H30N2O2/c1-2-20-10-5-6-15-26(20)23(27)19-13-16-25(17-14-19)24(28)22-12-7-9-18-8-3-4-11-21(18)22/h3-4,7-9,11-12,19-20H,2,5-6,10,13-17H2,1H3. The van der Waals surface area contributed by atoms with Gasteiger partial charge in [0.1, 0.15) is 0 Å². The molecule has 148 valence electrons. The minimum Gasteiger partial charge on any atom is -0.339 e. The van der Waals surface area contributed by atoms with E-state index in [1.807, 2.05) is 47.4 Å². The molecule has 28 heavy (non-hydrogen) atoms. The highest BCUT2D eigenvalue weighted by molar-refractivity contribution is 6.07. The van der Waals surface area contributed by atoms with Gasteiger partial charge in [-0.15, -0.1) is 0 Å². The summed E-state index contributed by atoms with van der Waals surface area (Å²) in [5, 5.41) is 2.10. The number of fused-ring (bicyclic) bond motifs is 1. The lowest BCUT2D eigenvalue weighted by atomic mass is 9.91. The summed E-state index contributed by atoms with van der Waals surface area (Å²) in [4.78, 5) is 30.3. The van der Waals surface area contributed by atoms with Crippen LogP contribution >= 0.6 is 0 Å². The first-order valence-electron chi connectivity index (χ1n) is 10.8.